The van der Waals surface area contributed by atoms with Gasteiger partial charge in [-0.2, -0.15) is 0 Å². The maximum Gasteiger partial charge on any atom is 0.131 e. The second-order valence-electron chi connectivity index (χ2n) is 5.48. The lowest BCUT2D eigenvalue weighted by molar-refractivity contribution is 0.556. The molecule has 0 bridgehead atoms. The van der Waals surface area contributed by atoms with E-state index in [2.05, 4.69) is 18.8 Å². The molecule has 0 aliphatic carbocycles. The van der Waals surface area contributed by atoms with E-state index in [9.17, 15) is 4.39 Å². The first-order valence-electron chi connectivity index (χ1n) is 6.65. The Morgan fingerprint density at radius 2 is 1.85 bits per heavy atom. The first-order chi connectivity index (χ1) is 9.31. The largest absolute Gasteiger partial charge is 0.383 e. The minimum atomic E-state index is -0.392. The Morgan fingerprint density at radius 3 is 2.30 bits per heavy atom. The van der Waals surface area contributed by atoms with Crippen molar-refractivity contribution in [2.24, 2.45) is 0 Å². The monoisotopic (exact) mass is 295 g/mol. The van der Waals surface area contributed by atoms with Crippen LogP contribution in [0, 0.1) is 5.82 Å². The molecule has 5 heteroatoms. The molecule has 0 saturated carbocycles. The van der Waals surface area contributed by atoms with Crippen molar-refractivity contribution < 1.29 is 4.39 Å². The smallest absolute Gasteiger partial charge is 0.131 e. The first-order valence-corrected chi connectivity index (χ1v) is 7.03. The van der Waals surface area contributed by atoms with E-state index in [0.717, 1.165) is 5.82 Å². The van der Waals surface area contributed by atoms with Crippen molar-refractivity contribution >= 4 is 17.4 Å². The normalized spacial score (nSPS) is 11.6. The predicted octanol–water partition coefficient (Wildman–Crippen LogP) is 4.63. The summed E-state index contributed by atoms with van der Waals surface area (Å²) in [6, 6.07) is 4.54. The van der Waals surface area contributed by atoms with Gasteiger partial charge in [-0.3, -0.25) is 0 Å². The highest BCUT2D eigenvalue weighted by Crippen LogP contribution is 2.33. The molecule has 0 unspecified atom stereocenters. The zero-order valence-electron chi connectivity index (χ0n) is 12.1. The van der Waals surface area contributed by atoms with E-state index in [4.69, 9.17) is 17.3 Å². The summed E-state index contributed by atoms with van der Waals surface area (Å²) in [5, 5.41) is 0.338. The number of anilines is 1. The van der Waals surface area contributed by atoms with Crippen LogP contribution in [0.1, 0.15) is 45.5 Å². The van der Waals surface area contributed by atoms with E-state index < -0.39 is 5.82 Å². The average molecular weight is 296 g/mol. The van der Waals surface area contributed by atoms with Gasteiger partial charge >= 0.3 is 0 Å². The van der Waals surface area contributed by atoms with Gasteiger partial charge in [0.05, 0.1) is 0 Å². The number of imidazole rings is 1. The molecule has 1 aromatic carbocycles. The van der Waals surface area contributed by atoms with Gasteiger partial charge in [0.1, 0.15) is 23.2 Å². The van der Waals surface area contributed by atoms with Gasteiger partial charge < -0.3 is 10.3 Å². The van der Waals surface area contributed by atoms with Crippen LogP contribution in [0.5, 0.6) is 0 Å². The van der Waals surface area contributed by atoms with Gasteiger partial charge in [0.2, 0.25) is 0 Å². The highest BCUT2D eigenvalue weighted by Gasteiger charge is 2.20. The van der Waals surface area contributed by atoms with E-state index in [0.29, 0.717) is 22.1 Å². The molecule has 3 nitrogen and oxygen atoms in total. The van der Waals surface area contributed by atoms with Crippen molar-refractivity contribution in [1.29, 1.82) is 0 Å². The molecule has 0 atom stereocenters. The van der Waals surface area contributed by atoms with E-state index in [1.54, 1.807) is 6.07 Å². The number of nitrogens with zero attached hydrogens (tertiary/aromatic N) is 2. The van der Waals surface area contributed by atoms with Crippen molar-refractivity contribution in [3.8, 4) is 11.3 Å². The van der Waals surface area contributed by atoms with Gasteiger partial charge in [-0.05, 0) is 32.0 Å². The van der Waals surface area contributed by atoms with Gasteiger partial charge in [-0.15, -0.1) is 0 Å². The molecular weight excluding hydrogens is 277 g/mol. The summed E-state index contributed by atoms with van der Waals surface area (Å²) in [5.41, 5.74) is 7.40. The first kappa shape index (κ1) is 14.9. The summed E-state index contributed by atoms with van der Waals surface area (Å²) in [6.07, 6.45) is 0. The Hall–Kier alpha value is -1.55. The number of rotatable bonds is 3. The molecule has 2 aromatic rings. The number of benzene rings is 1. The zero-order valence-corrected chi connectivity index (χ0v) is 12.9. The second kappa shape index (κ2) is 5.44. The SMILES string of the molecule is CC(C)c1nc(-c2cc(F)cc(Cl)c2)c(N)n1C(C)C. The number of hydrogen-bond acceptors (Lipinski definition) is 2. The van der Waals surface area contributed by atoms with Crippen LogP contribution in [-0.4, -0.2) is 9.55 Å². The van der Waals surface area contributed by atoms with Gasteiger partial charge in [-0.25, -0.2) is 9.37 Å². The summed E-state index contributed by atoms with van der Waals surface area (Å²) in [7, 11) is 0. The molecule has 2 N–H and O–H groups in total. The lowest BCUT2D eigenvalue weighted by Crippen LogP contribution is -2.10. The molecule has 1 aromatic heterocycles. The Labute approximate surface area is 123 Å². The van der Waals surface area contributed by atoms with Crippen molar-refractivity contribution in [1.82, 2.24) is 9.55 Å². The number of nitrogen functional groups attached to an aromatic ring is 1. The summed E-state index contributed by atoms with van der Waals surface area (Å²) in [4.78, 5) is 4.60. The fourth-order valence-electron chi connectivity index (χ4n) is 2.32. The fourth-order valence-corrected chi connectivity index (χ4v) is 2.54. The minimum Gasteiger partial charge on any atom is -0.383 e. The van der Waals surface area contributed by atoms with Crippen molar-refractivity contribution in [2.45, 2.75) is 39.7 Å². The van der Waals surface area contributed by atoms with Crippen LogP contribution in [0.4, 0.5) is 10.2 Å². The minimum absolute atomic E-state index is 0.192. The van der Waals surface area contributed by atoms with Crippen LogP contribution in [0.2, 0.25) is 5.02 Å². The van der Waals surface area contributed by atoms with Gasteiger partial charge in [0.25, 0.3) is 0 Å². The average Bonchev–Trinajstić information content (AvgIpc) is 2.65. The Morgan fingerprint density at radius 1 is 1.20 bits per heavy atom. The Bertz CT molecular complexity index is 612. The molecular formula is C15H19ClFN3. The van der Waals surface area contributed by atoms with Crippen molar-refractivity contribution in [2.75, 3.05) is 5.73 Å². The van der Waals surface area contributed by atoms with Gasteiger partial charge in [-0.1, -0.05) is 25.4 Å². The molecule has 2 rings (SSSR count). The second-order valence-corrected chi connectivity index (χ2v) is 5.92. The van der Waals surface area contributed by atoms with E-state index in [1.807, 2.05) is 18.4 Å². The number of aromatic nitrogens is 2. The molecule has 0 amide bonds. The zero-order chi connectivity index (χ0) is 15.0. The highest BCUT2D eigenvalue weighted by molar-refractivity contribution is 6.30. The van der Waals surface area contributed by atoms with Gasteiger partial charge in [0.15, 0.2) is 0 Å². The van der Waals surface area contributed by atoms with Crippen molar-refractivity contribution in [3.05, 3.63) is 34.9 Å². The summed E-state index contributed by atoms with van der Waals surface area (Å²) >= 11 is 5.91. The maximum atomic E-state index is 13.5. The highest BCUT2D eigenvalue weighted by atomic mass is 35.5. The van der Waals surface area contributed by atoms with Crippen LogP contribution in [0.25, 0.3) is 11.3 Å². The quantitative estimate of drug-likeness (QED) is 0.897. The molecule has 0 spiro atoms. The topological polar surface area (TPSA) is 43.8 Å². The summed E-state index contributed by atoms with van der Waals surface area (Å²) < 4.78 is 15.5. The predicted molar refractivity (Wildman–Crippen MR) is 81.5 cm³/mol. The third kappa shape index (κ3) is 2.66. The molecule has 0 fully saturated rings. The number of hydrogen-bond donors (Lipinski definition) is 1. The molecule has 1 heterocycles. The summed E-state index contributed by atoms with van der Waals surface area (Å²) in [5.74, 6) is 1.29. The lowest BCUT2D eigenvalue weighted by atomic mass is 10.1. The van der Waals surface area contributed by atoms with Crippen LogP contribution < -0.4 is 5.73 Å². The van der Waals surface area contributed by atoms with E-state index in [-0.39, 0.29) is 12.0 Å². The Kier molecular flexibility index (Phi) is 4.04. The molecule has 0 radical (unpaired) electrons. The number of nitrogens with two attached hydrogens (primary N) is 1. The Balaban J connectivity index is 2.66. The van der Waals surface area contributed by atoms with E-state index in [1.165, 1.54) is 12.1 Å². The molecule has 20 heavy (non-hydrogen) atoms. The van der Waals surface area contributed by atoms with Crippen LogP contribution in [0.3, 0.4) is 0 Å². The third-order valence-corrected chi connectivity index (χ3v) is 3.36. The third-order valence-electron chi connectivity index (χ3n) is 3.14. The molecule has 0 aliphatic heterocycles. The standard InChI is InChI=1S/C15H19ClFN3/c1-8(2)15-19-13(14(18)20(15)9(3)4)10-5-11(16)7-12(17)6-10/h5-9H,18H2,1-4H3. The van der Waals surface area contributed by atoms with Crippen LogP contribution in [0.15, 0.2) is 18.2 Å². The summed E-state index contributed by atoms with van der Waals surface area (Å²) in [6.45, 7) is 8.21. The molecule has 108 valence electrons. The van der Waals surface area contributed by atoms with Crippen LogP contribution in [-0.2, 0) is 0 Å². The molecule has 0 saturated heterocycles. The number of halogens is 2. The van der Waals surface area contributed by atoms with Crippen LogP contribution >= 0.6 is 11.6 Å². The maximum absolute atomic E-state index is 13.5. The molecule has 0 aliphatic rings. The fraction of sp³-hybridized carbons (Fsp3) is 0.400. The lowest BCUT2D eigenvalue weighted by Gasteiger charge is -2.15. The van der Waals surface area contributed by atoms with Gasteiger partial charge in [0, 0.05) is 22.5 Å². The van der Waals surface area contributed by atoms with Crippen molar-refractivity contribution in [3.63, 3.8) is 0 Å². The van der Waals surface area contributed by atoms with E-state index >= 15 is 0 Å².